The quantitative estimate of drug-likeness (QED) is 0.490. The van der Waals surface area contributed by atoms with Crippen LogP contribution < -0.4 is 0 Å². The summed E-state index contributed by atoms with van der Waals surface area (Å²) in [6.45, 7) is 5.68. The number of hydrogen-bond donors (Lipinski definition) is 0. The van der Waals surface area contributed by atoms with Crippen LogP contribution in [0.5, 0.6) is 0 Å². The van der Waals surface area contributed by atoms with E-state index in [4.69, 9.17) is 6.42 Å². The summed E-state index contributed by atoms with van der Waals surface area (Å²) in [6, 6.07) is 6.08. The Hall–Kier alpha value is -1.13. The van der Waals surface area contributed by atoms with Crippen LogP contribution in [0.15, 0.2) is 35.1 Å². The van der Waals surface area contributed by atoms with E-state index in [2.05, 4.69) is 12.5 Å². The van der Waals surface area contributed by atoms with Crippen molar-refractivity contribution in [3.8, 4) is 12.3 Å². The first kappa shape index (κ1) is 8.96. The number of thioether (sulfide) groups is 1. The Morgan fingerprint density at radius 1 is 1.58 bits per heavy atom. The van der Waals surface area contributed by atoms with Gasteiger partial charge in [0.05, 0.1) is 0 Å². The minimum atomic E-state index is 0.944. The number of hydrogen-bond acceptors (Lipinski definition) is 1. The molecule has 0 heterocycles. The van der Waals surface area contributed by atoms with Crippen molar-refractivity contribution in [2.24, 2.45) is 0 Å². The highest BCUT2D eigenvalue weighted by atomic mass is 32.2. The van der Waals surface area contributed by atoms with Gasteiger partial charge in [-0.05, 0) is 30.0 Å². The number of benzene rings is 1. The monoisotopic (exact) mass is 174 g/mol. The van der Waals surface area contributed by atoms with Gasteiger partial charge >= 0.3 is 0 Å². The zero-order valence-corrected chi connectivity index (χ0v) is 7.82. The van der Waals surface area contributed by atoms with E-state index in [1.807, 2.05) is 25.1 Å². The van der Waals surface area contributed by atoms with Gasteiger partial charge in [0.15, 0.2) is 0 Å². The Bertz CT molecular complexity index is 331. The van der Waals surface area contributed by atoms with Gasteiger partial charge in [0.2, 0.25) is 0 Å². The van der Waals surface area contributed by atoms with Gasteiger partial charge in [-0.25, -0.2) is 0 Å². The lowest BCUT2D eigenvalue weighted by Gasteiger charge is -2.01. The fraction of sp³-hybridized carbons (Fsp3) is 0.0909. The maximum absolute atomic E-state index is 5.35. The van der Waals surface area contributed by atoms with Crippen LogP contribution in [0.3, 0.4) is 0 Å². The van der Waals surface area contributed by atoms with Crippen LogP contribution in [0, 0.1) is 19.3 Å². The van der Waals surface area contributed by atoms with E-state index in [0.29, 0.717) is 0 Å². The third kappa shape index (κ3) is 1.93. The van der Waals surface area contributed by atoms with Crippen molar-refractivity contribution in [1.29, 1.82) is 0 Å². The smallest absolute Gasteiger partial charge is 0.0384 e. The highest BCUT2D eigenvalue weighted by Crippen LogP contribution is 2.23. The molecular weight excluding hydrogens is 164 g/mol. The molecule has 1 aromatic carbocycles. The summed E-state index contributed by atoms with van der Waals surface area (Å²) in [5.74, 6) is 2.65. The van der Waals surface area contributed by atoms with Crippen LogP contribution in [-0.2, 0) is 0 Å². The highest BCUT2D eigenvalue weighted by Gasteiger charge is 1.97. The molecule has 0 bridgehead atoms. The molecule has 60 valence electrons. The van der Waals surface area contributed by atoms with Gasteiger partial charge in [0.25, 0.3) is 0 Å². The van der Waals surface area contributed by atoms with Crippen molar-refractivity contribution < 1.29 is 0 Å². The SMILES string of the molecule is C#Cc1cc(C)ccc1SC=C. The molecule has 0 N–H and O–H groups in total. The predicted octanol–water partition coefficient (Wildman–Crippen LogP) is 3.21. The molecule has 0 aliphatic carbocycles. The molecule has 1 heteroatoms. The average Bonchev–Trinajstić information content (AvgIpc) is 2.08. The number of aryl methyl sites for hydroxylation is 1. The molecule has 0 spiro atoms. The van der Waals surface area contributed by atoms with E-state index >= 15 is 0 Å². The molecule has 1 aromatic rings. The standard InChI is InChI=1S/C11H10S/c1-4-10-8-9(3)6-7-11(10)12-5-2/h1,5-8H,2H2,3H3. The molecular formula is C11H10S. The summed E-state index contributed by atoms with van der Waals surface area (Å²) in [7, 11) is 0. The van der Waals surface area contributed by atoms with Crippen molar-refractivity contribution in [2.75, 3.05) is 0 Å². The Morgan fingerprint density at radius 3 is 2.92 bits per heavy atom. The lowest BCUT2D eigenvalue weighted by atomic mass is 10.1. The van der Waals surface area contributed by atoms with Crippen molar-refractivity contribution >= 4 is 11.8 Å². The fourth-order valence-corrected chi connectivity index (χ4v) is 1.52. The first-order valence-electron chi connectivity index (χ1n) is 3.62. The van der Waals surface area contributed by atoms with Gasteiger partial charge in [0, 0.05) is 10.5 Å². The second-order valence-corrected chi connectivity index (χ2v) is 3.44. The molecule has 0 radical (unpaired) electrons. The largest absolute Gasteiger partial charge is 0.115 e. The van der Waals surface area contributed by atoms with Crippen LogP contribution in [0.4, 0.5) is 0 Å². The topological polar surface area (TPSA) is 0 Å². The Morgan fingerprint density at radius 2 is 2.33 bits per heavy atom. The molecule has 1 rings (SSSR count). The van der Waals surface area contributed by atoms with E-state index < -0.39 is 0 Å². The summed E-state index contributed by atoms with van der Waals surface area (Å²) in [5, 5.41) is 1.78. The molecule has 0 atom stereocenters. The first-order valence-corrected chi connectivity index (χ1v) is 4.50. The lowest BCUT2D eigenvalue weighted by Crippen LogP contribution is -1.80. The highest BCUT2D eigenvalue weighted by molar-refractivity contribution is 8.02. The average molecular weight is 174 g/mol. The van der Waals surface area contributed by atoms with Crippen molar-refractivity contribution in [3.63, 3.8) is 0 Å². The van der Waals surface area contributed by atoms with Gasteiger partial charge < -0.3 is 0 Å². The van der Waals surface area contributed by atoms with Gasteiger partial charge in [-0.3, -0.25) is 0 Å². The fourth-order valence-electron chi connectivity index (χ4n) is 0.949. The van der Waals surface area contributed by atoms with Gasteiger partial charge in [-0.15, -0.1) is 6.42 Å². The van der Waals surface area contributed by atoms with E-state index in [9.17, 15) is 0 Å². The molecule has 0 nitrogen and oxygen atoms in total. The van der Waals surface area contributed by atoms with Crippen LogP contribution in [-0.4, -0.2) is 0 Å². The minimum Gasteiger partial charge on any atom is -0.115 e. The Kier molecular flexibility index (Phi) is 3.01. The molecule has 0 aromatic heterocycles. The second kappa shape index (κ2) is 4.04. The first-order chi connectivity index (χ1) is 5.77. The molecule has 0 saturated heterocycles. The van der Waals surface area contributed by atoms with Gasteiger partial charge in [0.1, 0.15) is 0 Å². The van der Waals surface area contributed by atoms with Crippen molar-refractivity contribution in [2.45, 2.75) is 11.8 Å². The summed E-state index contributed by atoms with van der Waals surface area (Å²) in [6.07, 6.45) is 5.35. The maximum atomic E-state index is 5.35. The second-order valence-electron chi connectivity index (χ2n) is 2.43. The zero-order chi connectivity index (χ0) is 8.97. The van der Waals surface area contributed by atoms with E-state index in [1.54, 1.807) is 17.2 Å². The molecule has 0 amide bonds. The van der Waals surface area contributed by atoms with Crippen LogP contribution >= 0.6 is 11.8 Å². The number of terminal acetylenes is 1. The Labute approximate surface area is 77.7 Å². The lowest BCUT2D eigenvalue weighted by molar-refractivity contribution is 1.35. The summed E-state index contributed by atoms with van der Waals surface area (Å²) >= 11 is 1.56. The Balaban J connectivity index is 3.12. The molecule has 0 saturated carbocycles. The minimum absolute atomic E-state index is 0.944. The molecule has 0 fully saturated rings. The van der Waals surface area contributed by atoms with Crippen LogP contribution in [0.25, 0.3) is 0 Å². The van der Waals surface area contributed by atoms with E-state index in [0.717, 1.165) is 10.5 Å². The third-order valence-corrected chi connectivity index (χ3v) is 2.28. The normalized spacial score (nSPS) is 9.00. The van der Waals surface area contributed by atoms with Gasteiger partial charge in [-0.2, -0.15) is 0 Å². The van der Waals surface area contributed by atoms with E-state index in [-0.39, 0.29) is 0 Å². The molecule has 0 aliphatic rings. The predicted molar refractivity (Wildman–Crippen MR) is 55.2 cm³/mol. The van der Waals surface area contributed by atoms with Crippen LogP contribution in [0.2, 0.25) is 0 Å². The summed E-state index contributed by atoms with van der Waals surface area (Å²) < 4.78 is 0. The molecule has 12 heavy (non-hydrogen) atoms. The zero-order valence-electron chi connectivity index (χ0n) is 7.00. The summed E-state index contributed by atoms with van der Waals surface area (Å²) in [4.78, 5) is 1.10. The third-order valence-electron chi connectivity index (χ3n) is 1.50. The van der Waals surface area contributed by atoms with Crippen molar-refractivity contribution in [3.05, 3.63) is 41.3 Å². The maximum Gasteiger partial charge on any atom is 0.0384 e. The summed E-state index contributed by atoms with van der Waals surface area (Å²) in [5.41, 5.74) is 2.14. The molecule has 0 aliphatic heterocycles. The van der Waals surface area contributed by atoms with Crippen molar-refractivity contribution in [1.82, 2.24) is 0 Å². The molecule has 0 unspecified atom stereocenters. The van der Waals surface area contributed by atoms with E-state index in [1.165, 1.54) is 5.56 Å². The van der Waals surface area contributed by atoms with Gasteiger partial charge in [-0.1, -0.05) is 30.3 Å². The number of rotatable bonds is 2. The van der Waals surface area contributed by atoms with Crippen LogP contribution in [0.1, 0.15) is 11.1 Å².